The summed E-state index contributed by atoms with van der Waals surface area (Å²) in [5.74, 6) is -2.74. The lowest BCUT2D eigenvalue weighted by Gasteiger charge is -2.34. The molecule has 1 fully saturated rings. The van der Waals surface area contributed by atoms with Crippen molar-refractivity contribution in [3.8, 4) is 17.5 Å². The number of hydrogen-bond acceptors (Lipinski definition) is 6. The normalized spacial score (nSPS) is 15.9. The Labute approximate surface area is 220 Å². The summed E-state index contributed by atoms with van der Waals surface area (Å²) in [7, 11) is 1.14. The second-order valence-corrected chi connectivity index (χ2v) is 10.6. The Morgan fingerprint density at radius 1 is 1.22 bits per heavy atom. The van der Waals surface area contributed by atoms with Crippen molar-refractivity contribution in [1.29, 1.82) is 5.26 Å². The predicted molar refractivity (Wildman–Crippen MR) is 136 cm³/mol. The van der Waals surface area contributed by atoms with Crippen LogP contribution >= 0.6 is 15.9 Å². The number of methoxy groups -OCH3 is 1. The molecule has 2 aromatic carbocycles. The van der Waals surface area contributed by atoms with Crippen LogP contribution in [-0.4, -0.2) is 46.3 Å². The summed E-state index contributed by atoms with van der Waals surface area (Å²) < 4.78 is 41.3. The Bertz CT molecular complexity index is 1470. The van der Waals surface area contributed by atoms with Gasteiger partial charge in [-0.05, 0) is 61.7 Å². The number of carbonyl (C=O) groups is 1. The van der Waals surface area contributed by atoms with E-state index in [1.54, 1.807) is 31.7 Å². The van der Waals surface area contributed by atoms with E-state index < -0.39 is 40.6 Å². The van der Waals surface area contributed by atoms with Crippen LogP contribution in [0.4, 0.5) is 13.6 Å². The fourth-order valence-corrected chi connectivity index (χ4v) is 4.95. The van der Waals surface area contributed by atoms with Crippen molar-refractivity contribution in [2.24, 2.45) is 0 Å². The van der Waals surface area contributed by atoms with Crippen LogP contribution in [0.2, 0.25) is 0 Å². The number of aromatic nitrogens is 2. The van der Waals surface area contributed by atoms with Crippen molar-refractivity contribution in [2.75, 3.05) is 20.2 Å². The molecule has 194 valence electrons. The summed E-state index contributed by atoms with van der Waals surface area (Å²) in [5, 5.41) is 9.49. The molecule has 0 N–H and O–H groups in total. The Kier molecular flexibility index (Phi) is 7.24. The molecule has 4 rings (SSSR count). The average Bonchev–Trinajstić information content (AvgIpc) is 2.83. The van der Waals surface area contributed by atoms with Crippen LogP contribution < -0.4 is 10.3 Å². The van der Waals surface area contributed by atoms with Crippen LogP contribution in [0.1, 0.15) is 50.9 Å². The first-order valence-corrected chi connectivity index (χ1v) is 12.4. The highest BCUT2D eigenvalue weighted by atomic mass is 79.9. The zero-order chi connectivity index (χ0) is 27.1. The Morgan fingerprint density at radius 2 is 1.89 bits per heavy atom. The molecular weight excluding hydrogens is 550 g/mol. The number of fused-ring (bicyclic) bond motifs is 1. The molecule has 11 heteroatoms. The van der Waals surface area contributed by atoms with Gasteiger partial charge in [-0.15, -0.1) is 0 Å². The molecule has 2 heterocycles. The lowest BCUT2D eigenvalue weighted by Crippen LogP contribution is -2.43. The van der Waals surface area contributed by atoms with Gasteiger partial charge in [0, 0.05) is 35.6 Å². The summed E-state index contributed by atoms with van der Waals surface area (Å²) in [6, 6.07) is 6.92. The van der Waals surface area contributed by atoms with Gasteiger partial charge < -0.3 is 14.4 Å². The molecule has 3 aromatic rings. The number of amides is 1. The highest BCUT2D eigenvalue weighted by molar-refractivity contribution is 9.10. The number of likely N-dealkylation sites (tertiary alicyclic amines) is 1. The standard InChI is InChI=1S/C26H25BrF2N4O4/c1-26(2,3)37-25(35)32-7-5-6-15(13-32)23-31-21-17(8-14(12-30)9-18(21)27)24(34)33(23)16-10-19(28)22(36-4)20(29)11-16/h8-11,15H,5-7,13H2,1-4H3. The molecule has 1 aromatic heterocycles. The fourth-order valence-electron chi connectivity index (χ4n) is 4.40. The molecule has 8 nitrogen and oxygen atoms in total. The van der Waals surface area contributed by atoms with Gasteiger partial charge >= 0.3 is 6.09 Å². The molecule has 0 spiro atoms. The lowest BCUT2D eigenvalue weighted by atomic mass is 9.96. The van der Waals surface area contributed by atoms with Gasteiger partial charge in [0.05, 0.1) is 35.3 Å². The van der Waals surface area contributed by atoms with E-state index in [0.29, 0.717) is 29.4 Å². The lowest BCUT2D eigenvalue weighted by molar-refractivity contribution is 0.0195. The first-order valence-electron chi connectivity index (χ1n) is 11.6. The average molecular weight is 575 g/mol. The van der Waals surface area contributed by atoms with E-state index in [-0.39, 0.29) is 29.0 Å². The number of carbonyl (C=O) groups excluding carboxylic acids is 1. The van der Waals surface area contributed by atoms with E-state index in [1.165, 1.54) is 6.07 Å². The molecule has 1 aliphatic rings. The van der Waals surface area contributed by atoms with Crippen LogP contribution in [0, 0.1) is 23.0 Å². The van der Waals surface area contributed by atoms with Crippen LogP contribution in [0.3, 0.4) is 0 Å². The molecule has 1 saturated heterocycles. The molecule has 0 aliphatic carbocycles. The second kappa shape index (κ2) is 10.1. The first kappa shape index (κ1) is 26.5. The third-order valence-corrected chi connectivity index (χ3v) is 6.57. The summed E-state index contributed by atoms with van der Waals surface area (Å²) in [5.41, 5.74) is -0.846. The van der Waals surface area contributed by atoms with Gasteiger partial charge in [0.1, 0.15) is 11.4 Å². The van der Waals surface area contributed by atoms with Gasteiger partial charge in [0.15, 0.2) is 17.4 Å². The van der Waals surface area contributed by atoms with Crippen molar-refractivity contribution < 1.29 is 23.0 Å². The zero-order valence-electron chi connectivity index (χ0n) is 20.8. The van der Waals surface area contributed by atoms with Crippen molar-refractivity contribution in [1.82, 2.24) is 14.5 Å². The quantitative estimate of drug-likeness (QED) is 0.414. The Morgan fingerprint density at radius 3 is 2.49 bits per heavy atom. The van der Waals surface area contributed by atoms with Crippen LogP contribution in [-0.2, 0) is 4.74 Å². The Hall–Kier alpha value is -3.52. The van der Waals surface area contributed by atoms with Gasteiger partial charge in [0.2, 0.25) is 0 Å². The number of nitrogens with zero attached hydrogens (tertiary/aromatic N) is 4. The van der Waals surface area contributed by atoms with E-state index in [9.17, 15) is 23.6 Å². The molecule has 0 saturated carbocycles. The Balaban J connectivity index is 1.93. The smallest absolute Gasteiger partial charge is 0.410 e. The topological polar surface area (TPSA) is 97.4 Å². The molecule has 1 atom stereocenters. The summed E-state index contributed by atoms with van der Waals surface area (Å²) >= 11 is 3.39. The molecule has 37 heavy (non-hydrogen) atoms. The molecule has 1 aliphatic heterocycles. The number of piperidine rings is 1. The molecule has 0 radical (unpaired) electrons. The minimum atomic E-state index is -0.985. The third kappa shape index (κ3) is 5.30. The maximum absolute atomic E-state index is 14.7. The van der Waals surface area contributed by atoms with Crippen LogP contribution in [0.25, 0.3) is 16.6 Å². The maximum Gasteiger partial charge on any atom is 0.410 e. The maximum atomic E-state index is 14.7. The van der Waals surface area contributed by atoms with Gasteiger partial charge in [0.25, 0.3) is 5.56 Å². The minimum absolute atomic E-state index is 0.0851. The first-order chi connectivity index (χ1) is 17.4. The predicted octanol–water partition coefficient (Wildman–Crippen LogP) is 5.42. The zero-order valence-corrected chi connectivity index (χ0v) is 22.4. The fraction of sp³-hybridized carbons (Fsp3) is 0.385. The summed E-state index contributed by atoms with van der Waals surface area (Å²) in [6.45, 7) is 5.98. The van der Waals surface area contributed by atoms with Gasteiger partial charge in [-0.3, -0.25) is 9.36 Å². The number of nitriles is 1. The number of benzene rings is 2. The van der Waals surface area contributed by atoms with Crippen molar-refractivity contribution in [3.05, 3.63) is 62.1 Å². The van der Waals surface area contributed by atoms with Gasteiger partial charge in [-0.2, -0.15) is 5.26 Å². The van der Waals surface area contributed by atoms with E-state index in [2.05, 4.69) is 15.9 Å². The van der Waals surface area contributed by atoms with E-state index in [4.69, 9.17) is 14.5 Å². The molecular formula is C26H25BrF2N4O4. The van der Waals surface area contributed by atoms with Gasteiger partial charge in [-0.25, -0.2) is 18.6 Å². The summed E-state index contributed by atoms with van der Waals surface area (Å²) in [6.07, 6.45) is 0.692. The molecule has 0 bridgehead atoms. The number of hydrogen-bond donors (Lipinski definition) is 0. The van der Waals surface area contributed by atoms with Crippen molar-refractivity contribution >= 4 is 32.9 Å². The van der Waals surface area contributed by atoms with Crippen LogP contribution in [0.5, 0.6) is 5.75 Å². The SMILES string of the molecule is COc1c(F)cc(-n2c(C3CCCN(C(=O)OC(C)(C)C)C3)nc3c(Br)cc(C#N)cc3c2=O)cc1F. The largest absolute Gasteiger partial charge is 0.491 e. The van der Waals surface area contributed by atoms with E-state index in [1.807, 2.05) is 6.07 Å². The molecule has 1 amide bonds. The molecule has 1 unspecified atom stereocenters. The van der Waals surface area contributed by atoms with Gasteiger partial charge in [-0.1, -0.05) is 0 Å². The second-order valence-electron chi connectivity index (χ2n) is 9.78. The monoisotopic (exact) mass is 574 g/mol. The van der Waals surface area contributed by atoms with E-state index >= 15 is 0 Å². The van der Waals surface area contributed by atoms with Crippen LogP contribution in [0.15, 0.2) is 33.5 Å². The van der Waals surface area contributed by atoms with E-state index in [0.717, 1.165) is 23.8 Å². The number of rotatable bonds is 3. The minimum Gasteiger partial charge on any atom is -0.491 e. The van der Waals surface area contributed by atoms with Crippen molar-refractivity contribution in [2.45, 2.75) is 45.1 Å². The third-order valence-electron chi connectivity index (χ3n) is 5.97. The highest BCUT2D eigenvalue weighted by Crippen LogP contribution is 2.32. The highest BCUT2D eigenvalue weighted by Gasteiger charge is 2.32. The summed E-state index contributed by atoms with van der Waals surface area (Å²) in [4.78, 5) is 32.9. The number of ether oxygens (including phenoxy) is 2. The van der Waals surface area contributed by atoms with Crippen molar-refractivity contribution in [3.63, 3.8) is 0 Å². The number of halogens is 3.